The van der Waals surface area contributed by atoms with E-state index in [1.807, 2.05) is 29.2 Å². The first-order chi connectivity index (χ1) is 14.5. The summed E-state index contributed by atoms with van der Waals surface area (Å²) in [6.45, 7) is 3.87. The topological polar surface area (TPSA) is 70.8 Å². The Hall–Kier alpha value is -2.87. The number of nitrogens with one attached hydrogen (secondary N) is 1. The number of amides is 1. The van der Waals surface area contributed by atoms with E-state index >= 15 is 0 Å². The lowest BCUT2D eigenvalue weighted by Gasteiger charge is -2.35. The van der Waals surface area contributed by atoms with Crippen molar-refractivity contribution in [2.75, 3.05) is 30.3 Å². The number of nitrogen functional groups attached to an aromatic ring is 1. The van der Waals surface area contributed by atoms with Gasteiger partial charge >= 0.3 is 6.09 Å². The largest absolute Gasteiger partial charge is 0.450 e. The van der Waals surface area contributed by atoms with Gasteiger partial charge in [-0.3, -0.25) is 0 Å². The quantitative estimate of drug-likeness (QED) is 0.554. The van der Waals surface area contributed by atoms with Crippen molar-refractivity contribution in [2.45, 2.75) is 32.4 Å². The van der Waals surface area contributed by atoms with E-state index in [1.54, 1.807) is 24.0 Å². The van der Waals surface area contributed by atoms with E-state index in [9.17, 15) is 9.18 Å². The fraction of sp³-hybridized carbons (Fsp3) is 0.364. The Morgan fingerprint density at radius 3 is 2.53 bits per heavy atom. The molecule has 1 amide bonds. The summed E-state index contributed by atoms with van der Waals surface area (Å²) in [5, 5.41) is 3.96. The number of hydrogen-bond acceptors (Lipinski definition) is 4. The Labute approximate surface area is 181 Å². The van der Waals surface area contributed by atoms with Crippen LogP contribution in [0.1, 0.15) is 25.3 Å². The summed E-state index contributed by atoms with van der Waals surface area (Å²) >= 11 is 5.73. The van der Waals surface area contributed by atoms with Gasteiger partial charge in [-0.1, -0.05) is 24.3 Å². The second-order valence-electron chi connectivity index (χ2n) is 7.18. The average Bonchev–Trinajstić information content (AvgIpc) is 2.74. The molecule has 0 aromatic heterocycles. The smallest absolute Gasteiger partial charge is 0.409 e. The van der Waals surface area contributed by atoms with Gasteiger partial charge in [-0.05, 0) is 61.8 Å². The summed E-state index contributed by atoms with van der Waals surface area (Å²) < 4.78 is 18.4. The number of ether oxygens (including phenoxy) is 1. The number of para-hydroxylation sites is 2. The van der Waals surface area contributed by atoms with Crippen LogP contribution >= 0.6 is 12.2 Å². The third-order valence-electron chi connectivity index (χ3n) is 5.08. The van der Waals surface area contributed by atoms with Gasteiger partial charge in [-0.25, -0.2) is 9.18 Å². The van der Waals surface area contributed by atoms with Gasteiger partial charge in [0, 0.05) is 19.1 Å². The van der Waals surface area contributed by atoms with E-state index in [-0.39, 0.29) is 18.0 Å². The average molecular weight is 431 g/mol. The van der Waals surface area contributed by atoms with Crippen molar-refractivity contribution in [1.29, 1.82) is 0 Å². The number of nitrogens with two attached hydrogens (primary N) is 1. The molecule has 0 aliphatic carbocycles. The number of carbonyl (C=O) groups excluding carboxylic acids is 1. The summed E-state index contributed by atoms with van der Waals surface area (Å²) in [5.41, 5.74) is 8.53. The molecular weight excluding hydrogens is 403 g/mol. The van der Waals surface area contributed by atoms with E-state index in [0.29, 0.717) is 37.0 Å². The standard InChI is InChI=1S/C22H27FN4O2S/c1-2-29-22(28)26-13-11-18(12-14-26)25-21(30)27(20-6-4-3-5-19(20)24)15-16-7-9-17(23)10-8-16/h3-10,18H,2,11-15,24H2,1H3,(H,25,30). The highest BCUT2D eigenvalue weighted by Crippen LogP contribution is 2.25. The number of hydrogen-bond donors (Lipinski definition) is 2. The molecule has 3 rings (SSSR count). The Morgan fingerprint density at radius 1 is 1.23 bits per heavy atom. The van der Waals surface area contributed by atoms with Crippen LogP contribution in [-0.4, -0.2) is 41.8 Å². The number of rotatable bonds is 5. The van der Waals surface area contributed by atoms with Crippen LogP contribution in [0.2, 0.25) is 0 Å². The lowest BCUT2D eigenvalue weighted by Crippen LogP contribution is -2.50. The Balaban J connectivity index is 1.69. The molecule has 0 unspecified atom stereocenters. The predicted molar refractivity (Wildman–Crippen MR) is 121 cm³/mol. The number of likely N-dealkylation sites (tertiary alicyclic amines) is 1. The Morgan fingerprint density at radius 2 is 1.90 bits per heavy atom. The van der Waals surface area contributed by atoms with Crippen molar-refractivity contribution in [3.05, 3.63) is 59.9 Å². The zero-order valence-electron chi connectivity index (χ0n) is 17.0. The third kappa shape index (κ3) is 5.60. The maximum atomic E-state index is 13.3. The molecule has 160 valence electrons. The maximum Gasteiger partial charge on any atom is 0.409 e. The number of carbonyl (C=O) groups is 1. The van der Waals surface area contributed by atoms with E-state index in [4.69, 9.17) is 22.7 Å². The third-order valence-corrected chi connectivity index (χ3v) is 5.41. The monoisotopic (exact) mass is 430 g/mol. The molecule has 2 aromatic carbocycles. The Kier molecular flexibility index (Phi) is 7.46. The van der Waals surface area contributed by atoms with Crippen molar-refractivity contribution in [1.82, 2.24) is 10.2 Å². The van der Waals surface area contributed by atoms with Crippen LogP contribution in [0.5, 0.6) is 0 Å². The summed E-state index contributed by atoms with van der Waals surface area (Å²) in [5.74, 6) is -0.279. The van der Waals surface area contributed by atoms with Crippen LogP contribution in [0.15, 0.2) is 48.5 Å². The number of benzene rings is 2. The molecule has 0 bridgehead atoms. The maximum absolute atomic E-state index is 13.3. The molecule has 0 atom stereocenters. The van der Waals surface area contributed by atoms with E-state index in [2.05, 4.69) is 5.32 Å². The lowest BCUT2D eigenvalue weighted by atomic mass is 10.1. The van der Waals surface area contributed by atoms with E-state index in [1.165, 1.54) is 12.1 Å². The van der Waals surface area contributed by atoms with E-state index in [0.717, 1.165) is 24.1 Å². The van der Waals surface area contributed by atoms with Crippen LogP contribution in [0.25, 0.3) is 0 Å². The highest BCUT2D eigenvalue weighted by atomic mass is 32.1. The first-order valence-electron chi connectivity index (χ1n) is 10.1. The molecule has 1 aliphatic heterocycles. The minimum absolute atomic E-state index is 0.142. The molecule has 1 aliphatic rings. The highest BCUT2D eigenvalue weighted by molar-refractivity contribution is 7.80. The van der Waals surface area contributed by atoms with Gasteiger partial charge in [0.1, 0.15) is 5.82 Å². The summed E-state index contributed by atoms with van der Waals surface area (Å²) in [7, 11) is 0. The molecule has 0 spiro atoms. The number of anilines is 2. The molecule has 8 heteroatoms. The molecule has 1 fully saturated rings. The number of thiocarbonyl (C=S) groups is 1. The molecule has 6 nitrogen and oxygen atoms in total. The second-order valence-corrected chi connectivity index (χ2v) is 7.57. The van der Waals surface area contributed by atoms with Crippen molar-refractivity contribution in [2.24, 2.45) is 0 Å². The zero-order chi connectivity index (χ0) is 21.5. The molecule has 2 aromatic rings. The lowest BCUT2D eigenvalue weighted by molar-refractivity contribution is 0.0963. The van der Waals surface area contributed by atoms with Crippen LogP contribution in [0, 0.1) is 5.82 Å². The van der Waals surface area contributed by atoms with Crippen molar-refractivity contribution in [3.8, 4) is 0 Å². The van der Waals surface area contributed by atoms with Crippen LogP contribution in [0.3, 0.4) is 0 Å². The molecule has 30 heavy (non-hydrogen) atoms. The molecule has 1 heterocycles. The number of nitrogens with zero attached hydrogens (tertiary/aromatic N) is 2. The van der Waals surface area contributed by atoms with Gasteiger partial charge in [-0.15, -0.1) is 0 Å². The van der Waals surface area contributed by atoms with Gasteiger partial charge in [0.15, 0.2) is 5.11 Å². The highest BCUT2D eigenvalue weighted by Gasteiger charge is 2.25. The first-order valence-corrected chi connectivity index (χ1v) is 10.5. The van der Waals surface area contributed by atoms with E-state index < -0.39 is 0 Å². The number of halogens is 1. The van der Waals surface area contributed by atoms with Gasteiger partial charge < -0.3 is 25.6 Å². The minimum Gasteiger partial charge on any atom is -0.450 e. The minimum atomic E-state index is -0.279. The zero-order valence-corrected chi connectivity index (χ0v) is 17.8. The van der Waals surface area contributed by atoms with Gasteiger partial charge in [0.05, 0.1) is 24.5 Å². The molecule has 0 radical (unpaired) electrons. The van der Waals surface area contributed by atoms with Crippen LogP contribution in [-0.2, 0) is 11.3 Å². The molecule has 0 saturated carbocycles. The predicted octanol–water partition coefficient (Wildman–Crippen LogP) is 3.91. The van der Waals surface area contributed by atoms with Crippen molar-refractivity contribution < 1.29 is 13.9 Å². The number of piperidine rings is 1. The van der Waals surface area contributed by atoms with Crippen LogP contribution < -0.4 is 16.0 Å². The summed E-state index contributed by atoms with van der Waals surface area (Å²) in [6, 6.07) is 14.0. The van der Waals surface area contributed by atoms with Crippen LogP contribution in [0.4, 0.5) is 20.6 Å². The van der Waals surface area contributed by atoms with Crippen molar-refractivity contribution in [3.63, 3.8) is 0 Å². The second kappa shape index (κ2) is 10.2. The normalized spacial score (nSPS) is 14.3. The fourth-order valence-corrected chi connectivity index (χ4v) is 3.78. The molecule has 1 saturated heterocycles. The Bertz CT molecular complexity index is 870. The summed E-state index contributed by atoms with van der Waals surface area (Å²) in [6.07, 6.45) is 1.27. The van der Waals surface area contributed by atoms with Crippen molar-refractivity contribution >= 4 is 34.8 Å². The van der Waals surface area contributed by atoms with Gasteiger partial charge in [-0.2, -0.15) is 0 Å². The molecular formula is C22H27FN4O2S. The fourth-order valence-electron chi connectivity index (χ4n) is 3.45. The first kappa shape index (κ1) is 21.8. The van der Waals surface area contributed by atoms with Gasteiger partial charge in [0.2, 0.25) is 0 Å². The SMILES string of the molecule is CCOC(=O)N1CCC(NC(=S)N(Cc2ccc(F)cc2)c2ccccc2N)CC1. The molecule has 3 N–H and O–H groups in total. The van der Waals surface area contributed by atoms with Gasteiger partial charge in [0.25, 0.3) is 0 Å². The summed E-state index contributed by atoms with van der Waals surface area (Å²) in [4.78, 5) is 15.5.